The second-order valence-corrected chi connectivity index (χ2v) is 9.04. The Hall–Kier alpha value is -0.730. The van der Waals surface area contributed by atoms with Gasteiger partial charge < -0.3 is 0 Å². The van der Waals surface area contributed by atoms with Crippen LogP contribution in [0.4, 0.5) is 0 Å². The van der Waals surface area contributed by atoms with Gasteiger partial charge in [-0.3, -0.25) is 11.3 Å². The fourth-order valence-electron chi connectivity index (χ4n) is 1.90. The first-order valence-electron chi connectivity index (χ1n) is 5.90. The van der Waals surface area contributed by atoms with Gasteiger partial charge in [0.2, 0.25) is 0 Å². The summed E-state index contributed by atoms with van der Waals surface area (Å²) in [5.41, 5.74) is 3.61. The van der Waals surface area contributed by atoms with E-state index in [9.17, 15) is 8.42 Å². The first-order valence-corrected chi connectivity index (χ1v) is 9.40. The van der Waals surface area contributed by atoms with Gasteiger partial charge in [0.15, 0.2) is 9.84 Å². The van der Waals surface area contributed by atoms with E-state index in [1.54, 1.807) is 29.5 Å². The smallest absolute Gasteiger partial charge is 0.175 e. The molecule has 20 heavy (non-hydrogen) atoms. The molecular weight excluding hydrogens is 360 g/mol. The first-order chi connectivity index (χ1) is 9.40. The number of sulfone groups is 1. The molecule has 2 rings (SSSR count). The normalized spacial score (nSPS) is 13.3. The minimum Gasteiger partial charge on any atom is -0.271 e. The zero-order valence-electron chi connectivity index (χ0n) is 10.8. The number of thiophene rings is 1. The molecule has 3 N–H and O–H groups in total. The first kappa shape index (κ1) is 15.7. The summed E-state index contributed by atoms with van der Waals surface area (Å²) in [5, 5.41) is 0. The molecule has 0 fully saturated rings. The summed E-state index contributed by atoms with van der Waals surface area (Å²) in [7, 11) is -3.21. The van der Waals surface area contributed by atoms with Crippen molar-refractivity contribution < 1.29 is 8.42 Å². The van der Waals surface area contributed by atoms with Crippen LogP contribution in [0, 0.1) is 0 Å². The van der Waals surface area contributed by atoms with Gasteiger partial charge in [-0.25, -0.2) is 8.42 Å². The zero-order valence-corrected chi connectivity index (χ0v) is 14.1. The highest BCUT2D eigenvalue weighted by Crippen LogP contribution is 2.27. The number of rotatable bonds is 5. The lowest BCUT2D eigenvalue weighted by Crippen LogP contribution is -2.29. The molecule has 0 aliphatic carbocycles. The van der Waals surface area contributed by atoms with Crippen LogP contribution in [0.15, 0.2) is 45.1 Å². The second-order valence-electron chi connectivity index (χ2n) is 4.47. The molecule has 2 aromatic rings. The quantitative estimate of drug-likeness (QED) is 0.623. The van der Waals surface area contributed by atoms with E-state index in [4.69, 9.17) is 5.84 Å². The molecule has 108 valence electrons. The fraction of sp³-hybridized carbons (Fsp3) is 0.231. The maximum absolute atomic E-state index is 11.6. The van der Waals surface area contributed by atoms with Crippen molar-refractivity contribution in [2.24, 2.45) is 5.84 Å². The van der Waals surface area contributed by atoms with Crippen LogP contribution in [-0.2, 0) is 16.3 Å². The summed E-state index contributed by atoms with van der Waals surface area (Å²) in [5.74, 6) is 5.61. The minimum atomic E-state index is -3.21. The van der Waals surface area contributed by atoms with E-state index in [0.717, 1.165) is 9.35 Å². The van der Waals surface area contributed by atoms with Crippen LogP contribution in [0.5, 0.6) is 0 Å². The molecule has 7 heteroatoms. The third-order valence-corrected chi connectivity index (χ3v) is 5.68. The molecule has 0 spiro atoms. The van der Waals surface area contributed by atoms with E-state index < -0.39 is 9.84 Å². The average molecular weight is 375 g/mol. The molecule has 0 aliphatic heterocycles. The van der Waals surface area contributed by atoms with Gasteiger partial charge in [-0.1, -0.05) is 12.1 Å². The van der Waals surface area contributed by atoms with E-state index in [-0.39, 0.29) is 6.04 Å². The Kier molecular flexibility index (Phi) is 4.98. The lowest BCUT2D eigenvalue weighted by Gasteiger charge is -2.16. The third-order valence-electron chi connectivity index (χ3n) is 2.92. The van der Waals surface area contributed by atoms with E-state index >= 15 is 0 Å². The van der Waals surface area contributed by atoms with Gasteiger partial charge in [-0.15, -0.1) is 11.3 Å². The maximum atomic E-state index is 11.6. The largest absolute Gasteiger partial charge is 0.271 e. The van der Waals surface area contributed by atoms with Gasteiger partial charge in [0.1, 0.15) is 0 Å². The fourth-order valence-corrected chi connectivity index (χ4v) is 4.10. The molecule has 0 aliphatic rings. The highest BCUT2D eigenvalue weighted by Gasteiger charge is 2.15. The van der Waals surface area contributed by atoms with Crippen LogP contribution < -0.4 is 11.3 Å². The Morgan fingerprint density at radius 3 is 2.65 bits per heavy atom. The molecule has 1 aromatic heterocycles. The van der Waals surface area contributed by atoms with Crippen molar-refractivity contribution in [2.45, 2.75) is 17.4 Å². The number of nitrogens with one attached hydrogen (secondary N) is 1. The SMILES string of the molecule is CS(=O)(=O)c1cccc(C(Cc2ccc(Br)s2)NN)c1. The predicted octanol–water partition coefficient (Wildman–Crippen LogP) is 2.66. The van der Waals surface area contributed by atoms with Crippen molar-refractivity contribution in [3.8, 4) is 0 Å². The van der Waals surface area contributed by atoms with Gasteiger partial charge in [-0.2, -0.15) is 0 Å². The van der Waals surface area contributed by atoms with Gasteiger partial charge in [0, 0.05) is 17.6 Å². The molecule has 0 amide bonds. The van der Waals surface area contributed by atoms with Crippen LogP contribution >= 0.6 is 27.3 Å². The highest BCUT2D eigenvalue weighted by atomic mass is 79.9. The summed E-state index contributed by atoms with van der Waals surface area (Å²) in [6, 6.07) is 10.8. The van der Waals surface area contributed by atoms with Crippen LogP contribution in [-0.4, -0.2) is 14.7 Å². The monoisotopic (exact) mass is 374 g/mol. The van der Waals surface area contributed by atoms with Crippen molar-refractivity contribution in [1.29, 1.82) is 0 Å². The Labute approximate surface area is 131 Å². The van der Waals surface area contributed by atoms with Crippen LogP contribution in [0.2, 0.25) is 0 Å². The number of nitrogens with two attached hydrogens (primary N) is 1. The summed E-state index contributed by atoms with van der Waals surface area (Å²) < 4.78 is 24.3. The molecule has 0 saturated carbocycles. The zero-order chi connectivity index (χ0) is 14.8. The minimum absolute atomic E-state index is 0.123. The molecule has 1 heterocycles. The van der Waals surface area contributed by atoms with Crippen molar-refractivity contribution in [1.82, 2.24) is 5.43 Å². The van der Waals surface area contributed by atoms with Crippen molar-refractivity contribution in [2.75, 3.05) is 6.26 Å². The lowest BCUT2D eigenvalue weighted by atomic mass is 10.0. The molecule has 0 bridgehead atoms. The Bertz CT molecular complexity index is 698. The number of benzene rings is 1. The van der Waals surface area contributed by atoms with E-state index in [2.05, 4.69) is 21.4 Å². The van der Waals surface area contributed by atoms with Crippen molar-refractivity contribution in [3.05, 3.63) is 50.6 Å². The molecule has 4 nitrogen and oxygen atoms in total. The Morgan fingerprint density at radius 1 is 1.35 bits per heavy atom. The van der Waals surface area contributed by atoms with Gasteiger partial charge in [0.05, 0.1) is 14.7 Å². The number of hydrazine groups is 1. The average Bonchev–Trinajstić information content (AvgIpc) is 2.81. The summed E-state index contributed by atoms with van der Waals surface area (Å²) >= 11 is 5.06. The Balaban J connectivity index is 2.28. The van der Waals surface area contributed by atoms with E-state index in [1.807, 2.05) is 18.2 Å². The predicted molar refractivity (Wildman–Crippen MR) is 85.3 cm³/mol. The van der Waals surface area contributed by atoms with Crippen molar-refractivity contribution in [3.63, 3.8) is 0 Å². The Morgan fingerprint density at radius 2 is 2.10 bits per heavy atom. The number of hydrogen-bond acceptors (Lipinski definition) is 5. The summed E-state index contributed by atoms with van der Waals surface area (Å²) in [6.45, 7) is 0. The van der Waals surface area contributed by atoms with Crippen molar-refractivity contribution >= 4 is 37.1 Å². The molecule has 0 radical (unpaired) electrons. The van der Waals surface area contributed by atoms with E-state index in [1.165, 1.54) is 11.1 Å². The maximum Gasteiger partial charge on any atom is 0.175 e. The molecule has 1 aromatic carbocycles. The van der Waals surface area contributed by atoms with E-state index in [0.29, 0.717) is 11.3 Å². The number of hydrogen-bond donors (Lipinski definition) is 2. The van der Waals surface area contributed by atoms with Gasteiger partial charge in [0.25, 0.3) is 0 Å². The van der Waals surface area contributed by atoms with Crippen LogP contribution in [0.1, 0.15) is 16.5 Å². The van der Waals surface area contributed by atoms with Gasteiger partial charge >= 0.3 is 0 Å². The topological polar surface area (TPSA) is 72.2 Å². The molecule has 1 atom stereocenters. The van der Waals surface area contributed by atoms with Crippen LogP contribution in [0.3, 0.4) is 0 Å². The van der Waals surface area contributed by atoms with Gasteiger partial charge in [-0.05, 0) is 45.8 Å². The summed E-state index contributed by atoms with van der Waals surface area (Å²) in [6.07, 6.45) is 1.91. The molecule has 0 saturated heterocycles. The third kappa shape index (κ3) is 3.89. The van der Waals surface area contributed by atoms with Crippen LogP contribution in [0.25, 0.3) is 0 Å². The number of halogens is 1. The molecular formula is C13H15BrN2O2S2. The highest BCUT2D eigenvalue weighted by molar-refractivity contribution is 9.11. The second kappa shape index (κ2) is 6.36. The molecule has 1 unspecified atom stereocenters. The summed E-state index contributed by atoms with van der Waals surface area (Å²) in [4.78, 5) is 1.48. The lowest BCUT2D eigenvalue weighted by molar-refractivity contribution is 0.554. The standard InChI is InChI=1S/C13H15BrN2O2S2/c1-20(17,18)11-4-2-3-9(7-11)12(16-15)8-10-5-6-13(14)19-10/h2-7,12,16H,8,15H2,1H3.